The predicted octanol–water partition coefficient (Wildman–Crippen LogP) is 4.17. The van der Waals surface area contributed by atoms with Crippen molar-refractivity contribution in [2.24, 2.45) is 0 Å². The third-order valence-corrected chi connectivity index (χ3v) is 5.09. The van der Waals surface area contributed by atoms with E-state index in [0.717, 1.165) is 16.8 Å². The molecule has 4 aromatic rings. The number of nitrogens with zero attached hydrogens (tertiary/aromatic N) is 3. The average Bonchev–Trinajstić information content (AvgIpc) is 3.48. The number of carbonyl (C=O) groups excluding carboxylic acids is 1. The molecule has 0 radical (unpaired) electrons. The number of carbonyl (C=O) groups is 1. The molecule has 3 heterocycles. The molecule has 9 nitrogen and oxygen atoms in total. The van der Waals surface area contributed by atoms with Gasteiger partial charge in [0.25, 0.3) is 0 Å². The van der Waals surface area contributed by atoms with Crippen molar-refractivity contribution < 1.29 is 14.3 Å². The number of ether oxygens (including phenoxy) is 2. The number of hydrogen-bond acceptors (Lipinski definition) is 7. The fraction of sp³-hybridized carbons (Fsp3) is 0.0909. The summed E-state index contributed by atoms with van der Waals surface area (Å²) in [7, 11) is 0. The largest absolute Gasteiger partial charge is 0.454 e. The molecule has 32 heavy (non-hydrogen) atoms. The van der Waals surface area contributed by atoms with Crippen LogP contribution in [0.2, 0.25) is 5.02 Å². The highest BCUT2D eigenvalue weighted by molar-refractivity contribution is 6.33. The van der Waals surface area contributed by atoms with E-state index in [4.69, 9.17) is 21.1 Å². The predicted molar refractivity (Wildman–Crippen MR) is 119 cm³/mol. The van der Waals surface area contributed by atoms with Crippen LogP contribution in [0.25, 0.3) is 11.4 Å². The van der Waals surface area contributed by atoms with Gasteiger partial charge in [0.15, 0.2) is 17.3 Å². The number of halogens is 1. The summed E-state index contributed by atoms with van der Waals surface area (Å²) in [5, 5.41) is 13.2. The second kappa shape index (κ2) is 8.56. The lowest BCUT2D eigenvalue weighted by Crippen LogP contribution is -2.15. The molecule has 0 unspecified atom stereocenters. The van der Waals surface area contributed by atoms with Crippen molar-refractivity contribution in [1.29, 1.82) is 0 Å². The van der Waals surface area contributed by atoms with Gasteiger partial charge in [-0.05, 0) is 29.8 Å². The number of anilines is 3. The SMILES string of the molecule is O=C(Cc1ccc2c(c1)OCO2)Nc1cc(Nc2ccccc2-c2ncn[nH]2)c(Cl)cn1. The van der Waals surface area contributed by atoms with Gasteiger partial charge in [-0.3, -0.25) is 9.89 Å². The molecule has 3 N–H and O–H groups in total. The molecule has 1 aliphatic heterocycles. The Morgan fingerprint density at radius 3 is 2.81 bits per heavy atom. The highest BCUT2D eigenvalue weighted by atomic mass is 35.5. The number of benzene rings is 2. The monoisotopic (exact) mass is 448 g/mol. The first-order valence-corrected chi connectivity index (χ1v) is 10.1. The molecule has 2 aromatic carbocycles. The molecule has 0 fully saturated rings. The Balaban J connectivity index is 1.32. The molecule has 2 aromatic heterocycles. The second-order valence-electron chi connectivity index (χ2n) is 6.97. The van der Waals surface area contributed by atoms with E-state index in [9.17, 15) is 4.79 Å². The maximum absolute atomic E-state index is 12.6. The van der Waals surface area contributed by atoms with E-state index in [-0.39, 0.29) is 19.1 Å². The van der Waals surface area contributed by atoms with Gasteiger partial charge >= 0.3 is 0 Å². The summed E-state index contributed by atoms with van der Waals surface area (Å²) in [5.41, 5.74) is 2.99. The fourth-order valence-electron chi connectivity index (χ4n) is 3.31. The number of hydrogen-bond donors (Lipinski definition) is 3. The maximum atomic E-state index is 12.6. The van der Waals surface area contributed by atoms with Gasteiger partial charge < -0.3 is 20.1 Å². The zero-order valence-corrected chi connectivity index (χ0v) is 17.4. The summed E-state index contributed by atoms with van der Waals surface area (Å²) in [6.07, 6.45) is 3.09. The minimum atomic E-state index is -0.216. The van der Waals surface area contributed by atoms with Gasteiger partial charge in [0, 0.05) is 17.3 Å². The molecular formula is C22H17ClN6O3. The van der Waals surface area contributed by atoms with Crippen LogP contribution in [-0.2, 0) is 11.2 Å². The van der Waals surface area contributed by atoms with Crippen LogP contribution in [0.1, 0.15) is 5.56 Å². The number of amides is 1. The molecule has 0 spiro atoms. The molecule has 5 rings (SSSR count). The minimum absolute atomic E-state index is 0.165. The molecular weight excluding hydrogens is 432 g/mol. The van der Waals surface area contributed by atoms with E-state index in [0.29, 0.717) is 33.9 Å². The lowest BCUT2D eigenvalue weighted by atomic mass is 10.1. The summed E-state index contributed by atoms with van der Waals surface area (Å²) in [6, 6.07) is 14.7. The van der Waals surface area contributed by atoms with Gasteiger partial charge in [0.1, 0.15) is 12.1 Å². The number of aromatic amines is 1. The van der Waals surface area contributed by atoms with Crippen molar-refractivity contribution in [1.82, 2.24) is 20.2 Å². The number of aromatic nitrogens is 4. The molecule has 160 valence electrons. The zero-order valence-electron chi connectivity index (χ0n) is 16.6. The van der Waals surface area contributed by atoms with Crippen LogP contribution in [0, 0.1) is 0 Å². The van der Waals surface area contributed by atoms with E-state index in [1.54, 1.807) is 18.2 Å². The van der Waals surface area contributed by atoms with Crippen LogP contribution in [0.15, 0.2) is 61.1 Å². The number of para-hydroxylation sites is 1. The van der Waals surface area contributed by atoms with E-state index in [1.807, 2.05) is 30.3 Å². The van der Waals surface area contributed by atoms with Crippen LogP contribution in [0.3, 0.4) is 0 Å². The summed E-state index contributed by atoms with van der Waals surface area (Å²) in [5.74, 6) is 2.09. The molecule has 0 saturated heterocycles. The van der Waals surface area contributed by atoms with Crippen molar-refractivity contribution in [3.8, 4) is 22.9 Å². The molecule has 1 amide bonds. The van der Waals surface area contributed by atoms with Crippen molar-refractivity contribution in [2.45, 2.75) is 6.42 Å². The van der Waals surface area contributed by atoms with Gasteiger partial charge in [-0.2, -0.15) is 5.10 Å². The molecule has 0 atom stereocenters. The highest BCUT2D eigenvalue weighted by Crippen LogP contribution is 2.33. The number of H-pyrrole nitrogens is 1. The van der Waals surface area contributed by atoms with Gasteiger partial charge in [-0.15, -0.1) is 0 Å². The van der Waals surface area contributed by atoms with Crippen LogP contribution >= 0.6 is 11.6 Å². The Bertz CT molecular complexity index is 1280. The van der Waals surface area contributed by atoms with E-state index < -0.39 is 0 Å². The molecule has 10 heteroatoms. The van der Waals surface area contributed by atoms with Gasteiger partial charge in [0.2, 0.25) is 12.7 Å². The Morgan fingerprint density at radius 1 is 1.06 bits per heavy atom. The smallest absolute Gasteiger partial charge is 0.231 e. The average molecular weight is 449 g/mol. The highest BCUT2D eigenvalue weighted by Gasteiger charge is 2.15. The second-order valence-corrected chi connectivity index (χ2v) is 7.37. The first-order valence-electron chi connectivity index (χ1n) is 9.71. The number of fused-ring (bicyclic) bond motifs is 1. The van der Waals surface area contributed by atoms with Crippen LogP contribution in [0.5, 0.6) is 11.5 Å². The fourth-order valence-corrected chi connectivity index (χ4v) is 3.46. The topological polar surface area (TPSA) is 114 Å². The Morgan fingerprint density at radius 2 is 1.94 bits per heavy atom. The summed E-state index contributed by atoms with van der Waals surface area (Å²) in [4.78, 5) is 21.0. The zero-order chi connectivity index (χ0) is 21.9. The molecule has 0 bridgehead atoms. The Hall–Kier alpha value is -4.11. The first kappa shape index (κ1) is 19.8. The van der Waals surface area contributed by atoms with E-state index >= 15 is 0 Å². The third-order valence-electron chi connectivity index (χ3n) is 4.79. The number of pyridine rings is 1. The standard InChI is InChI=1S/C22H17ClN6O3/c23-15-10-24-20(28-21(30)8-13-5-6-18-19(7-13)32-12-31-18)9-17(15)27-16-4-2-1-3-14(16)22-25-11-26-29-22/h1-7,9-11H,8,12H2,(H,25,26,29)(H2,24,27,28,30). The van der Waals surface area contributed by atoms with E-state index in [2.05, 4.69) is 30.8 Å². The van der Waals surface area contributed by atoms with Gasteiger partial charge in [-0.25, -0.2) is 9.97 Å². The van der Waals surface area contributed by atoms with Crippen molar-refractivity contribution in [3.63, 3.8) is 0 Å². The van der Waals surface area contributed by atoms with Gasteiger partial charge in [0.05, 0.1) is 23.3 Å². The van der Waals surface area contributed by atoms with Crippen LogP contribution in [0.4, 0.5) is 17.2 Å². The summed E-state index contributed by atoms with van der Waals surface area (Å²) in [6.45, 7) is 0.190. The minimum Gasteiger partial charge on any atom is -0.454 e. The summed E-state index contributed by atoms with van der Waals surface area (Å²) < 4.78 is 10.7. The third kappa shape index (κ3) is 4.19. The van der Waals surface area contributed by atoms with Crippen molar-refractivity contribution in [3.05, 3.63) is 71.6 Å². The lowest BCUT2D eigenvalue weighted by molar-refractivity contribution is -0.115. The van der Waals surface area contributed by atoms with Crippen LogP contribution < -0.4 is 20.1 Å². The normalized spacial score (nSPS) is 11.9. The Labute approximate surface area is 187 Å². The quantitative estimate of drug-likeness (QED) is 0.405. The molecule has 0 aliphatic carbocycles. The van der Waals surface area contributed by atoms with Gasteiger partial charge in [-0.1, -0.05) is 29.8 Å². The maximum Gasteiger partial charge on any atom is 0.231 e. The Kier molecular flexibility index (Phi) is 5.30. The molecule has 1 aliphatic rings. The van der Waals surface area contributed by atoms with E-state index in [1.165, 1.54) is 12.5 Å². The number of rotatable bonds is 6. The van der Waals surface area contributed by atoms with Crippen LogP contribution in [-0.4, -0.2) is 32.9 Å². The van der Waals surface area contributed by atoms with Crippen molar-refractivity contribution >= 4 is 34.7 Å². The first-order chi connectivity index (χ1) is 15.7. The molecule has 0 saturated carbocycles. The lowest BCUT2D eigenvalue weighted by Gasteiger charge is -2.13. The number of nitrogens with one attached hydrogen (secondary N) is 3. The van der Waals surface area contributed by atoms with Crippen molar-refractivity contribution in [2.75, 3.05) is 17.4 Å². The summed E-state index contributed by atoms with van der Waals surface area (Å²) >= 11 is 6.34.